The molecular weight excluding hydrogens is 267 g/mol. The third-order valence-electron chi connectivity index (χ3n) is 2.13. The van der Waals surface area contributed by atoms with Crippen molar-refractivity contribution in [2.75, 3.05) is 20.3 Å². The van der Waals surface area contributed by atoms with E-state index in [-0.39, 0.29) is 19.7 Å². The van der Waals surface area contributed by atoms with Crippen LogP contribution in [0.3, 0.4) is 0 Å². The van der Waals surface area contributed by atoms with Gasteiger partial charge in [0.25, 0.3) is 0 Å². The monoisotopic (exact) mass is 281 g/mol. The van der Waals surface area contributed by atoms with Gasteiger partial charge in [0, 0.05) is 19.9 Å². The number of ether oxygens (including phenoxy) is 1. The summed E-state index contributed by atoms with van der Waals surface area (Å²) in [5.41, 5.74) is -1.06. The fourth-order valence-electron chi connectivity index (χ4n) is 1.29. The Morgan fingerprint density at radius 2 is 2.32 bits per heavy atom. The first-order valence-electron chi connectivity index (χ1n) is 5.37. The molecule has 6 nitrogen and oxygen atoms in total. The third-order valence-corrected chi connectivity index (χ3v) is 2.13. The van der Waals surface area contributed by atoms with Crippen molar-refractivity contribution >= 4 is 5.91 Å². The molecule has 0 saturated carbocycles. The molecule has 108 valence electrons. The van der Waals surface area contributed by atoms with Crippen LogP contribution in [-0.4, -0.2) is 47.2 Å². The van der Waals surface area contributed by atoms with E-state index in [1.165, 1.54) is 7.11 Å². The second kappa shape index (κ2) is 6.53. The van der Waals surface area contributed by atoms with E-state index >= 15 is 0 Å². The molecule has 0 spiro atoms. The van der Waals surface area contributed by atoms with Crippen LogP contribution < -0.4 is 5.32 Å². The molecule has 1 amide bonds. The molecule has 19 heavy (non-hydrogen) atoms. The van der Waals surface area contributed by atoms with E-state index in [1.54, 1.807) is 0 Å². The maximum atomic E-state index is 12.3. The van der Waals surface area contributed by atoms with Crippen molar-refractivity contribution in [1.82, 2.24) is 15.1 Å². The Hall–Kier alpha value is -1.61. The van der Waals surface area contributed by atoms with Gasteiger partial charge in [-0.05, 0) is 6.07 Å². The Kier molecular flexibility index (Phi) is 5.31. The topological polar surface area (TPSA) is 76.4 Å². The number of carbonyl (C=O) groups is 1. The molecule has 0 aliphatic heterocycles. The summed E-state index contributed by atoms with van der Waals surface area (Å²) >= 11 is 0. The summed E-state index contributed by atoms with van der Waals surface area (Å²) < 4.78 is 42.3. The maximum Gasteiger partial charge on any atom is 0.435 e. The lowest BCUT2D eigenvalue weighted by atomic mass is 10.4. The third kappa shape index (κ3) is 5.26. The van der Waals surface area contributed by atoms with E-state index in [1.807, 2.05) is 0 Å². The average Bonchev–Trinajstić information content (AvgIpc) is 2.75. The van der Waals surface area contributed by atoms with Crippen LogP contribution in [0, 0.1) is 0 Å². The van der Waals surface area contributed by atoms with Gasteiger partial charge >= 0.3 is 6.18 Å². The summed E-state index contributed by atoms with van der Waals surface area (Å²) in [5.74, 6) is -0.549. The van der Waals surface area contributed by atoms with Crippen LogP contribution in [0.4, 0.5) is 13.2 Å². The predicted octanol–water partition coefficient (Wildman–Crippen LogP) is 0.0254. The number of carbonyl (C=O) groups excluding carboxylic acids is 1. The molecule has 0 aliphatic rings. The number of alkyl halides is 3. The van der Waals surface area contributed by atoms with Gasteiger partial charge in [-0.1, -0.05) is 0 Å². The lowest BCUT2D eigenvalue weighted by Crippen LogP contribution is -2.36. The Morgan fingerprint density at radius 3 is 2.84 bits per heavy atom. The second-order valence-electron chi connectivity index (χ2n) is 3.81. The summed E-state index contributed by atoms with van der Waals surface area (Å²) in [6.45, 7) is -0.337. The summed E-state index contributed by atoms with van der Waals surface area (Å²) in [7, 11) is 1.40. The molecule has 1 atom stereocenters. The number of nitrogens with zero attached hydrogens (tertiary/aromatic N) is 2. The lowest BCUT2D eigenvalue weighted by molar-refractivity contribution is -0.141. The Bertz CT molecular complexity index is 420. The second-order valence-corrected chi connectivity index (χ2v) is 3.81. The number of nitrogens with one attached hydrogen (secondary N) is 1. The number of rotatable bonds is 6. The normalized spacial score (nSPS) is 13.3. The van der Waals surface area contributed by atoms with Crippen LogP contribution in [0.15, 0.2) is 12.3 Å². The quantitative estimate of drug-likeness (QED) is 0.771. The largest absolute Gasteiger partial charge is 0.435 e. The fourth-order valence-corrected chi connectivity index (χ4v) is 1.29. The summed E-state index contributed by atoms with van der Waals surface area (Å²) in [4.78, 5) is 11.4. The van der Waals surface area contributed by atoms with Gasteiger partial charge in [0.1, 0.15) is 6.54 Å². The van der Waals surface area contributed by atoms with E-state index in [4.69, 9.17) is 0 Å². The Labute approximate surface area is 107 Å². The SMILES string of the molecule is COCC(O)CNC(=O)Cn1ccc(C(F)(F)F)n1. The van der Waals surface area contributed by atoms with Gasteiger partial charge in [0.15, 0.2) is 5.69 Å². The number of methoxy groups -OCH3 is 1. The highest BCUT2D eigenvalue weighted by molar-refractivity contribution is 5.75. The number of aliphatic hydroxyl groups is 1. The van der Waals surface area contributed by atoms with Gasteiger partial charge in [0.2, 0.25) is 5.91 Å². The zero-order valence-electron chi connectivity index (χ0n) is 10.1. The van der Waals surface area contributed by atoms with Gasteiger partial charge in [0.05, 0.1) is 12.7 Å². The fraction of sp³-hybridized carbons (Fsp3) is 0.600. The number of hydrogen-bond acceptors (Lipinski definition) is 4. The van der Waals surface area contributed by atoms with E-state index in [0.29, 0.717) is 0 Å². The number of halogens is 3. The van der Waals surface area contributed by atoms with E-state index in [0.717, 1.165) is 16.9 Å². The van der Waals surface area contributed by atoms with Crippen LogP contribution in [0.2, 0.25) is 0 Å². The molecule has 0 saturated heterocycles. The van der Waals surface area contributed by atoms with Gasteiger partial charge in [-0.2, -0.15) is 18.3 Å². The lowest BCUT2D eigenvalue weighted by Gasteiger charge is -2.10. The van der Waals surface area contributed by atoms with Crippen LogP contribution in [0.25, 0.3) is 0 Å². The zero-order valence-corrected chi connectivity index (χ0v) is 10.1. The van der Waals surface area contributed by atoms with Gasteiger partial charge in [-0.25, -0.2) is 0 Å². The number of aromatic nitrogens is 2. The van der Waals surface area contributed by atoms with Crippen LogP contribution in [0.1, 0.15) is 5.69 Å². The Morgan fingerprint density at radius 1 is 1.63 bits per heavy atom. The van der Waals surface area contributed by atoms with Crippen molar-refractivity contribution in [3.05, 3.63) is 18.0 Å². The highest BCUT2D eigenvalue weighted by atomic mass is 19.4. The van der Waals surface area contributed by atoms with E-state index in [9.17, 15) is 23.1 Å². The van der Waals surface area contributed by atoms with E-state index < -0.39 is 23.9 Å². The molecule has 1 aromatic heterocycles. The number of hydrogen-bond donors (Lipinski definition) is 2. The molecule has 1 rings (SSSR count). The van der Waals surface area contributed by atoms with Gasteiger partial charge < -0.3 is 15.2 Å². The summed E-state index contributed by atoms with van der Waals surface area (Å²) in [5, 5.41) is 14.8. The standard InChI is InChI=1S/C10H14F3N3O3/c1-19-6-7(17)4-14-9(18)5-16-3-2-8(15-16)10(11,12)13/h2-3,7,17H,4-6H2,1H3,(H,14,18). The Balaban J connectivity index is 2.42. The van der Waals surface area contributed by atoms with Gasteiger partial charge in [-0.3, -0.25) is 9.48 Å². The van der Waals surface area contributed by atoms with E-state index in [2.05, 4.69) is 15.2 Å². The molecular formula is C10H14F3N3O3. The zero-order chi connectivity index (χ0) is 14.5. The van der Waals surface area contributed by atoms with Crippen LogP contribution in [0.5, 0.6) is 0 Å². The highest BCUT2D eigenvalue weighted by Gasteiger charge is 2.33. The molecule has 0 aliphatic carbocycles. The maximum absolute atomic E-state index is 12.3. The minimum atomic E-state index is -4.53. The molecule has 1 heterocycles. The molecule has 0 bridgehead atoms. The summed E-state index contributed by atoms with van der Waals surface area (Å²) in [6, 6.07) is 0.785. The minimum absolute atomic E-state index is 0.0416. The molecule has 0 radical (unpaired) electrons. The average molecular weight is 281 g/mol. The number of aliphatic hydroxyl groups excluding tert-OH is 1. The molecule has 9 heteroatoms. The highest BCUT2D eigenvalue weighted by Crippen LogP contribution is 2.27. The van der Waals surface area contributed by atoms with Crippen molar-refractivity contribution in [2.45, 2.75) is 18.8 Å². The van der Waals surface area contributed by atoms with Crippen molar-refractivity contribution in [1.29, 1.82) is 0 Å². The molecule has 0 aromatic carbocycles. The van der Waals surface area contributed by atoms with Crippen LogP contribution in [-0.2, 0) is 22.3 Å². The van der Waals surface area contributed by atoms with Crippen molar-refractivity contribution in [2.24, 2.45) is 0 Å². The van der Waals surface area contributed by atoms with Crippen molar-refractivity contribution < 1.29 is 27.8 Å². The molecule has 1 unspecified atom stereocenters. The summed E-state index contributed by atoms with van der Waals surface area (Å²) in [6.07, 6.45) is -4.33. The molecule has 1 aromatic rings. The van der Waals surface area contributed by atoms with Crippen molar-refractivity contribution in [3.63, 3.8) is 0 Å². The van der Waals surface area contributed by atoms with Crippen LogP contribution >= 0.6 is 0 Å². The minimum Gasteiger partial charge on any atom is -0.389 e. The molecule has 0 fully saturated rings. The first-order valence-corrected chi connectivity index (χ1v) is 5.37. The predicted molar refractivity (Wildman–Crippen MR) is 58.1 cm³/mol. The molecule has 2 N–H and O–H groups in total. The van der Waals surface area contributed by atoms with Crippen molar-refractivity contribution in [3.8, 4) is 0 Å². The van der Waals surface area contributed by atoms with Gasteiger partial charge in [-0.15, -0.1) is 0 Å². The number of amides is 1. The smallest absolute Gasteiger partial charge is 0.389 e. The first-order chi connectivity index (χ1) is 8.82. The first kappa shape index (κ1) is 15.4.